The summed E-state index contributed by atoms with van der Waals surface area (Å²) in [6.07, 6.45) is 1.83. The van der Waals surface area contributed by atoms with Crippen molar-refractivity contribution in [1.29, 1.82) is 0 Å². The molecule has 108 valence electrons. The van der Waals surface area contributed by atoms with Crippen LogP contribution in [-0.2, 0) is 4.79 Å². The molecule has 1 atom stereocenters. The van der Waals surface area contributed by atoms with E-state index in [0.717, 1.165) is 33.9 Å². The third-order valence-corrected chi connectivity index (χ3v) is 3.77. The second kappa shape index (κ2) is 5.58. The van der Waals surface area contributed by atoms with Crippen molar-refractivity contribution in [3.8, 4) is 0 Å². The van der Waals surface area contributed by atoms with Gasteiger partial charge in [0.1, 0.15) is 11.2 Å². The minimum atomic E-state index is -0.279. The van der Waals surface area contributed by atoms with Gasteiger partial charge < -0.3 is 15.9 Å². The van der Waals surface area contributed by atoms with E-state index in [1.165, 1.54) is 0 Å². The second-order valence-electron chi connectivity index (χ2n) is 5.32. The Kier molecular flexibility index (Phi) is 3.62. The molecule has 4 heteroatoms. The Hall–Kier alpha value is -2.33. The summed E-state index contributed by atoms with van der Waals surface area (Å²) in [6, 6.07) is 13.9. The van der Waals surface area contributed by atoms with Gasteiger partial charge in [-0.3, -0.25) is 4.79 Å². The maximum atomic E-state index is 10.8. The lowest BCUT2D eigenvalue weighted by molar-refractivity contribution is -0.118. The maximum Gasteiger partial charge on any atom is 0.217 e. The van der Waals surface area contributed by atoms with Crippen LogP contribution in [-0.4, -0.2) is 5.91 Å². The Balaban J connectivity index is 1.89. The maximum absolute atomic E-state index is 10.8. The molecule has 0 aliphatic heterocycles. The summed E-state index contributed by atoms with van der Waals surface area (Å²) in [7, 11) is 0. The summed E-state index contributed by atoms with van der Waals surface area (Å²) in [6.45, 7) is 0. The molecule has 3 rings (SSSR count). The quantitative estimate of drug-likeness (QED) is 0.753. The van der Waals surface area contributed by atoms with E-state index in [9.17, 15) is 4.79 Å². The van der Waals surface area contributed by atoms with Gasteiger partial charge in [-0.05, 0) is 36.6 Å². The average Bonchev–Trinajstić information content (AvgIpc) is 2.84. The van der Waals surface area contributed by atoms with Crippen molar-refractivity contribution >= 4 is 27.8 Å². The minimum absolute atomic E-state index is 0.0950. The number of carbonyl (C=O) groups is 1. The van der Waals surface area contributed by atoms with Gasteiger partial charge >= 0.3 is 0 Å². The molecule has 0 spiro atoms. The van der Waals surface area contributed by atoms with Gasteiger partial charge in [0.15, 0.2) is 0 Å². The molecule has 1 unspecified atom stereocenters. The van der Waals surface area contributed by atoms with Crippen molar-refractivity contribution in [1.82, 2.24) is 0 Å². The Labute approximate surface area is 122 Å². The Morgan fingerprint density at radius 3 is 2.67 bits per heavy atom. The van der Waals surface area contributed by atoms with Crippen LogP contribution >= 0.6 is 0 Å². The van der Waals surface area contributed by atoms with Gasteiger partial charge in [0.05, 0.1) is 0 Å². The fourth-order valence-corrected chi connectivity index (χ4v) is 2.64. The molecular formula is C17H18N2O2. The standard InChI is InChI=1S/C17H18N2O2/c18-14(5-3-7-17(19)20)11-8-9-16-13(10-11)12-4-1-2-6-15(12)21-16/h1-2,4,6,8-10,14H,3,5,7,18H2,(H2,19,20). The van der Waals surface area contributed by atoms with E-state index < -0.39 is 0 Å². The zero-order valence-corrected chi connectivity index (χ0v) is 11.7. The molecule has 0 saturated carbocycles. The zero-order valence-electron chi connectivity index (χ0n) is 11.7. The highest BCUT2D eigenvalue weighted by atomic mass is 16.3. The lowest BCUT2D eigenvalue weighted by Crippen LogP contribution is -2.13. The number of amides is 1. The van der Waals surface area contributed by atoms with Crippen LogP contribution in [0.4, 0.5) is 0 Å². The van der Waals surface area contributed by atoms with E-state index in [4.69, 9.17) is 15.9 Å². The largest absolute Gasteiger partial charge is 0.456 e. The lowest BCUT2D eigenvalue weighted by Gasteiger charge is -2.11. The number of nitrogens with two attached hydrogens (primary N) is 2. The van der Waals surface area contributed by atoms with Crippen LogP contribution in [0, 0.1) is 0 Å². The van der Waals surface area contributed by atoms with Gasteiger partial charge in [0.25, 0.3) is 0 Å². The van der Waals surface area contributed by atoms with Gasteiger partial charge in [-0.25, -0.2) is 0 Å². The normalized spacial score (nSPS) is 12.8. The molecule has 3 aromatic rings. The predicted octanol–water partition coefficient (Wildman–Crippen LogP) is 3.24. The molecule has 0 bridgehead atoms. The number of benzene rings is 2. The minimum Gasteiger partial charge on any atom is -0.456 e. The molecule has 0 fully saturated rings. The molecule has 4 N–H and O–H groups in total. The number of furan rings is 1. The first-order chi connectivity index (χ1) is 10.1. The van der Waals surface area contributed by atoms with Gasteiger partial charge in [-0.15, -0.1) is 0 Å². The number of carbonyl (C=O) groups excluding carboxylic acids is 1. The van der Waals surface area contributed by atoms with Gasteiger partial charge in [-0.1, -0.05) is 24.3 Å². The fraction of sp³-hybridized carbons (Fsp3) is 0.235. The van der Waals surface area contributed by atoms with E-state index in [-0.39, 0.29) is 11.9 Å². The van der Waals surface area contributed by atoms with Crippen molar-refractivity contribution in [2.45, 2.75) is 25.3 Å². The van der Waals surface area contributed by atoms with E-state index >= 15 is 0 Å². The highest BCUT2D eigenvalue weighted by Crippen LogP contribution is 2.31. The third-order valence-electron chi connectivity index (χ3n) is 3.77. The van der Waals surface area contributed by atoms with Crippen molar-refractivity contribution in [2.24, 2.45) is 11.5 Å². The molecule has 0 aliphatic rings. The first-order valence-electron chi connectivity index (χ1n) is 7.10. The molecule has 2 aromatic carbocycles. The highest BCUT2D eigenvalue weighted by Gasteiger charge is 2.11. The van der Waals surface area contributed by atoms with Crippen molar-refractivity contribution in [2.75, 3.05) is 0 Å². The molecule has 1 heterocycles. The third kappa shape index (κ3) is 2.76. The number of primary amides is 1. The Morgan fingerprint density at radius 2 is 1.86 bits per heavy atom. The molecule has 0 saturated heterocycles. The van der Waals surface area contributed by atoms with Crippen molar-refractivity contribution < 1.29 is 9.21 Å². The predicted molar refractivity (Wildman–Crippen MR) is 83.7 cm³/mol. The van der Waals surface area contributed by atoms with Crippen molar-refractivity contribution in [3.05, 3.63) is 48.0 Å². The number of fused-ring (bicyclic) bond motifs is 3. The van der Waals surface area contributed by atoms with Gasteiger partial charge in [0, 0.05) is 23.2 Å². The zero-order chi connectivity index (χ0) is 14.8. The Bertz CT molecular complexity index is 792. The smallest absolute Gasteiger partial charge is 0.217 e. The molecule has 1 aromatic heterocycles. The van der Waals surface area contributed by atoms with Crippen LogP contribution in [0.5, 0.6) is 0 Å². The van der Waals surface area contributed by atoms with Gasteiger partial charge in [-0.2, -0.15) is 0 Å². The highest BCUT2D eigenvalue weighted by molar-refractivity contribution is 6.05. The number of rotatable bonds is 5. The van der Waals surface area contributed by atoms with E-state index in [1.807, 2.05) is 36.4 Å². The van der Waals surface area contributed by atoms with Crippen LogP contribution in [0.1, 0.15) is 30.9 Å². The van der Waals surface area contributed by atoms with Crippen LogP contribution < -0.4 is 11.5 Å². The lowest BCUT2D eigenvalue weighted by atomic mass is 9.99. The van der Waals surface area contributed by atoms with Crippen LogP contribution in [0.25, 0.3) is 21.9 Å². The summed E-state index contributed by atoms with van der Waals surface area (Å²) < 4.78 is 5.80. The van der Waals surface area contributed by atoms with Crippen LogP contribution in [0.2, 0.25) is 0 Å². The molecule has 4 nitrogen and oxygen atoms in total. The summed E-state index contributed by atoms with van der Waals surface area (Å²) in [5, 5.41) is 2.17. The molecule has 21 heavy (non-hydrogen) atoms. The topological polar surface area (TPSA) is 82.2 Å². The molecule has 0 aliphatic carbocycles. The number of para-hydroxylation sites is 1. The summed E-state index contributed by atoms with van der Waals surface area (Å²) >= 11 is 0. The van der Waals surface area contributed by atoms with Crippen LogP contribution in [0.15, 0.2) is 46.9 Å². The summed E-state index contributed by atoms with van der Waals surface area (Å²) in [5.41, 5.74) is 14.2. The second-order valence-corrected chi connectivity index (χ2v) is 5.32. The average molecular weight is 282 g/mol. The van der Waals surface area contributed by atoms with Gasteiger partial charge in [0.2, 0.25) is 5.91 Å². The number of hydrogen-bond acceptors (Lipinski definition) is 3. The molecular weight excluding hydrogens is 264 g/mol. The number of hydrogen-bond donors (Lipinski definition) is 2. The van der Waals surface area contributed by atoms with E-state index in [1.54, 1.807) is 0 Å². The SMILES string of the molecule is NC(=O)CCCC(N)c1ccc2oc3ccccc3c2c1. The molecule has 0 radical (unpaired) electrons. The summed E-state index contributed by atoms with van der Waals surface area (Å²) in [5.74, 6) is -0.279. The molecule has 1 amide bonds. The van der Waals surface area contributed by atoms with E-state index in [0.29, 0.717) is 12.8 Å². The first kappa shape index (κ1) is 13.6. The van der Waals surface area contributed by atoms with Crippen LogP contribution in [0.3, 0.4) is 0 Å². The van der Waals surface area contributed by atoms with E-state index in [2.05, 4.69) is 6.07 Å². The fourth-order valence-electron chi connectivity index (χ4n) is 2.64. The summed E-state index contributed by atoms with van der Waals surface area (Å²) in [4.78, 5) is 10.8. The van der Waals surface area contributed by atoms with Crippen molar-refractivity contribution in [3.63, 3.8) is 0 Å². The monoisotopic (exact) mass is 282 g/mol. The Morgan fingerprint density at radius 1 is 1.10 bits per heavy atom. The first-order valence-corrected chi connectivity index (χ1v) is 7.10.